The van der Waals surface area contributed by atoms with Gasteiger partial charge in [0.25, 0.3) is 11.1 Å². The van der Waals surface area contributed by atoms with E-state index in [1.165, 1.54) is 4.90 Å². The number of thioether (sulfide) groups is 1. The van der Waals surface area contributed by atoms with E-state index in [9.17, 15) is 9.59 Å². The predicted octanol–water partition coefficient (Wildman–Crippen LogP) is 5.36. The molecule has 1 aliphatic heterocycles. The zero-order chi connectivity index (χ0) is 19.6. The Kier molecular flexibility index (Phi) is 5.71. The van der Waals surface area contributed by atoms with Gasteiger partial charge >= 0.3 is 0 Å². The molecule has 27 heavy (non-hydrogen) atoms. The Hall–Kier alpha value is -2.53. The van der Waals surface area contributed by atoms with E-state index < -0.39 is 0 Å². The molecule has 1 fully saturated rings. The topological polar surface area (TPSA) is 46.6 Å². The van der Waals surface area contributed by atoms with E-state index in [1.54, 1.807) is 7.11 Å². The van der Waals surface area contributed by atoms with Crippen molar-refractivity contribution in [1.29, 1.82) is 0 Å². The summed E-state index contributed by atoms with van der Waals surface area (Å²) in [5, 5.41) is -0.231. The summed E-state index contributed by atoms with van der Waals surface area (Å²) in [6, 6.07) is 13.6. The molecule has 0 atom stereocenters. The van der Waals surface area contributed by atoms with E-state index in [0.29, 0.717) is 17.4 Å². The van der Waals surface area contributed by atoms with Crippen LogP contribution in [0.15, 0.2) is 47.4 Å². The van der Waals surface area contributed by atoms with E-state index in [4.69, 9.17) is 4.74 Å². The zero-order valence-corrected chi connectivity index (χ0v) is 16.8. The number of carbonyl (C=O) groups is 2. The molecule has 1 heterocycles. The fraction of sp³-hybridized carbons (Fsp3) is 0.273. The Labute approximate surface area is 164 Å². The fourth-order valence-electron chi connectivity index (χ4n) is 3.04. The van der Waals surface area contributed by atoms with Crippen molar-refractivity contribution < 1.29 is 14.3 Å². The van der Waals surface area contributed by atoms with E-state index in [1.807, 2.05) is 55.5 Å². The van der Waals surface area contributed by atoms with Crippen LogP contribution in [0.5, 0.6) is 5.75 Å². The molecular weight excluding hydrogens is 358 g/mol. The number of benzene rings is 2. The van der Waals surface area contributed by atoms with Gasteiger partial charge in [0, 0.05) is 0 Å². The second-order valence-electron chi connectivity index (χ2n) is 6.86. The molecule has 1 saturated heterocycles. The average molecular weight is 381 g/mol. The number of ether oxygens (including phenoxy) is 1. The molecule has 3 rings (SSSR count). The molecule has 4 nitrogen and oxygen atoms in total. The van der Waals surface area contributed by atoms with Crippen LogP contribution >= 0.6 is 11.8 Å². The number of amides is 2. The summed E-state index contributed by atoms with van der Waals surface area (Å²) in [6.07, 6.45) is 1.82. The lowest BCUT2D eigenvalue weighted by molar-refractivity contribution is -0.123. The van der Waals surface area contributed by atoms with Gasteiger partial charge in [-0.2, -0.15) is 0 Å². The van der Waals surface area contributed by atoms with Gasteiger partial charge < -0.3 is 4.74 Å². The number of carbonyl (C=O) groups excluding carboxylic acids is 2. The number of hydrogen-bond acceptors (Lipinski definition) is 4. The van der Waals surface area contributed by atoms with Crippen LogP contribution in [0.1, 0.15) is 42.0 Å². The van der Waals surface area contributed by atoms with Crippen LogP contribution in [0.3, 0.4) is 0 Å². The van der Waals surface area contributed by atoms with Crippen molar-refractivity contribution in [3.63, 3.8) is 0 Å². The van der Waals surface area contributed by atoms with Crippen LogP contribution in [0.4, 0.5) is 4.79 Å². The highest BCUT2D eigenvalue weighted by atomic mass is 32.2. The quantitative estimate of drug-likeness (QED) is 0.654. The average Bonchev–Trinajstić information content (AvgIpc) is 2.91. The number of methoxy groups -OCH3 is 1. The lowest BCUT2D eigenvalue weighted by Crippen LogP contribution is -2.27. The number of aryl methyl sites for hydroxylation is 1. The molecule has 0 bridgehead atoms. The van der Waals surface area contributed by atoms with Gasteiger partial charge in [0.15, 0.2) is 0 Å². The van der Waals surface area contributed by atoms with Gasteiger partial charge in [-0.3, -0.25) is 14.5 Å². The van der Waals surface area contributed by atoms with Crippen molar-refractivity contribution >= 4 is 29.0 Å². The molecule has 2 aromatic carbocycles. The maximum absolute atomic E-state index is 12.8. The molecule has 1 aliphatic rings. The Morgan fingerprint density at radius 1 is 1.15 bits per heavy atom. The van der Waals surface area contributed by atoms with E-state index in [-0.39, 0.29) is 11.1 Å². The maximum Gasteiger partial charge on any atom is 0.293 e. The Balaban J connectivity index is 1.91. The molecular formula is C22H23NO3S. The van der Waals surface area contributed by atoms with Crippen LogP contribution in [-0.2, 0) is 11.3 Å². The Bertz CT molecular complexity index is 903. The summed E-state index contributed by atoms with van der Waals surface area (Å²) in [5.41, 5.74) is 3.96. The molecule has 0 aliphatic carbocycles. The molecule has 0 aromatic heterocycles. The molecule has 2 amide bonds. The molecule has 140 valence electrons. The lowest BCUT2D eigenvalue weighted by Gasteiger charge is -2.15. The van der Waals surface area contributed by atoms with Gasteiger partial charge in [0.2, 0.25) is 0 Å². The van der Waals surface area contributed by atoms with Crippen molar-refractivity contribution in [1.82, 2.24) is 4.90 Å². The fourth-order valence-corrected chi connectivity index (χ4v) is 3.87. The summed E-state index contributed by atoms with van der Waals surface area (Å²) in [4.78, 5) is 26.9. The highest BCUT2D eigenvalue weighted by molar-refractivity contribution is 8.18. The van der Waals surface area contributed by atoms with E-state index in [0.717, 1.165) is 39.8 Å². The third-order valence-electron chi connectivity index (χ3n) is 4.58. The van der Waals surface area contributed by atoms with Gasteiger partial charge in [-0.25, -0.2) is 0 Å². The minimum absolute atomic E-state index is 0.231. The first-order chi connectivity index (χ1) is 12.9. The van der Waals surface area contributed by atoms with E-state index in [2.05, 4.69) is 13.8 Å². The summed E-state index contributed by atoms with van der Waals surface area (Å²) < 4.78 is 5.48. The van der Waals surface area contributed by atoms with Crippen molar-refractivity contribution in [2.45, 2.75) is 33.2 Å². The third-order valence-corrected chi connectivity index (χ3v) is 5.49. The maximum atomic E-state index is 12.8. The van der Waals surface area contributed by atoms with Gasteiger partial charge in [-0.05, 0) is 65.1 Å². The normalized spacial score (nSPS) is 15.9. The molecule has 0 saturated carbocycles. The predicted molar refractivity (Wildman–Crippen MR) is 110 cm³/mol. The number of imide groups is 1. The summed E-state index contributed by atoms with van der Waals surface area (Å²) >= 11 is 0.996. The first-order valence-electron chi connectivity index (χ1n) is 8.88. The third kappa shape index (κ3) is 4.08. The minimum atomic E-state index is -0.241. The second-order valence-corrected chi connectivity index (χ2v) is 7.85. The number of rotatable bonds is 5. The first kappa shape index (κ1) is 19.2. The Morgan fingerprint density at radius 2 is 1.85 bits per heavy atom. The first-order valence-corrected chi connectivity index (χ1v) is 9.70. The van der Waals surface area contributed by atoms with E-state index >= 15 is 0 Å². The molecule has 0 radical (unpaired) electrons. The molecule has 5 heteroatoms. The minimum Gasteiger partial charge on any atom is -0.496 e. The van der Waals surface area contributed by atoms with Crippen molar-refractivity contribution in [3.8, 4) is 5.75 Å². The Morgan fingerprint density at radius 3 is 2.48 bits per heavy atom. The SMILES string of the molecule is COc1cc(C)c(/C=C2/SC(=O)N(Cc3ccccc3)C2=O)cc1C(C)C. The van der Waals surface area contributed by atoms with Gasteiger partial charge in [0.1, 0.15) is 5.75 Å². The highest BCUT2D eigenvalue weighted by Crippen LogP contribution is 2.36. The van der Waals surface area contributed by atoms with Gasteiger partial charge in [-0.1, -0.05) is 44.2 Å². The monoisotopic (exact) mass is 381 g/mol. The van der Waals surface area contributed by atoms with Crippen LogP contribution in [0, 0.1) is 6.92 Å². The molecule has 0 unspecified atom stereocenters. The summed E-state index contributed by atoms with van der Waals surface area (Å²) in [6.45, 7) is 6.48. The van der Waals surface area contributed by atoms with Crippen LogP contribution in [0.25, 0.3) is 6.08 Å². The number of hydrogen-bond donors (Lipinski definition) is 0. The van der Waals surface area contributed by atoms with Gasteiger partial charge in [-0.15, -0.1) is 0 Å². The largest absolute Gasteiger partial charge is 0.496 e. The van der Waals surface area contributed by atoms with Crippen molar-refractivity contribution in [3.05, 3.63) is 69.6 Å². The lowest BCUT2D eigenvalue weighted by atomic mass is 9.96. The van der Waals surface area contributed by atoms with Crippen LogP contribution < -0.4 is 4.74 Å². The molecule has 0 spiro atoms. The van der Waals surface area contributed by atoms with Crippen LogP contribution in [0.2, 0.25) is 0 Å². The van der Waals surface area contributed by atoms with Crippen LogP contribution in [-0.4, -0.2) is 23.2 Å². The summed E-state index contributed by atoms with van der Waals surface area (Å²) in [5.74, 6) is 0.896. The van der Waals surface area contributed by atoms with Crippen molar-refractivity contribution in [2.24, 2.45) is 0 Å². The van der Waals surface area contributed by atoms with Crippen molar-refractivity contribution in [2.75, 3.05) is 7.11 Å². The standard InChI is InChI=1S/C22H23NO3S/c1-14(2)18-11-17(15(3)10-19(18)26-4)12-20-21(24)23(22(25)27-20)13-16-8-6-5-7-9-16/h5-12,14H,13H2,1-4H3/b20-12+. The second kappa shape index (κ2) is 8.01. The smallest absolute Gasteiger partial charge is 0.293 e. The number of nitrogens with zero attached hydrogens (tertiary/aromatic N) is 1. The highest BCUT2D eigenvalue weighted by Gasteiger charge is 2.35. The van der Waals surface area contributed by atoms with Gasteiger partial charge in [0.05, 0.1) is 18.6 Å². The summed E-state index contributed by atoms with van der Waals surface area (Å²) in [7, 11) is 1.66. The molecule has 0 N–H and O–H groups in total. The molecule has 2 aromatic rings. The zero-order valence-electron chi connectivity index (χ0n) is 16.0.